The minimum atomic E-state index is 0.0758. The largest absolute Gasteiger partial charge is 0.444 e. The number of aliphatic imine (C=N–C) groups is 1. The van der Waals surface area contributed by atoms with Gasteiger partial charge in [-0.1, -0.05) is 0 Å². The van der Waals surface area contributed by atoms with Crippen molar-refractivity contribution in [1.29, 1.82) is 0 Å². The Hall–Kier alpha value is -2.05. The van der Waals surface area contributed by atoms with E-state index < -0.39 is 0 Å². The highest BCUT2D eigenvalue weighted by molar-refractivity contribution is 5.81. The van der Waals surface area contributed by atoms with Crippen molar-refractivity contribution in [3.05, 3.63) is 17.3 Å². The van der Waals surface area contributed by atoms with Crippen LogP contribution in [0.3, 0.4) is 0 Å². The van der Waals surface area contributed by atoms with Gasteiger partial charge in [-0.3, -0.25) is 9.79 Å². The molecule has 1 heterocycles. The summed E-state index contributed by atoms with van der Waals surface area (Å²) in [6.07, 6.45) is 0.422. The van der Waals surface area contributed by atoms with E-state index in [0.29, 0.717) is 31.4 Å². The van der Waals surface area contributed by atoms with E-state index in [1.54, 1.807) is 26.0 Å². The Morgan fingerprint density at radius 1 is 1.35 bits per heavy atom. The van der Waals surface area contributed by atoms with Crippen LogP contribution in [-0.4, -0.2) is 49.4 Å². The normalized spacial score (nSPS) is 11.3. The van der Waals surface area contributed by atoms with Crippen LogP contribution in [0.2, 0.25) is 0 Å². The van der Waals surface area contributed by atoms with Crippen LogP contribution in [0.25, 0.3) is 0 Å². The fourth-order valence-corrected chi connectivity index (χ4v) is 1.51. The molecule has 0 saturated heterocycles. The molecule has 0 bridgehead atoms. The van der Waals surface area contributed by atoms with Gasteiger partial charge in [0, 0.05) is 34.1 Å². The Morgan fingerprint density at radius 2 is 2.05 bits per heavy atom. The van der Waals surface area contributed by atoms with E-state index >= 15 is 0 Å². The lowest BCUT2D eigenvalue weighted by molar-refractivity contribution is -0.128. The Labute approximate surface area is 119 Å². The third-order valence-corrected chi connectivity index (χ3v) is 2.83. The molecule has 0 saturated carbocycles. The molecule has 0 aromatic carbocycles. The van der Waals surface area contributed by atoms with Gasteiger partial charge in [0.15, 0.2) is 5.96 Å². The SMILES string of the molecule is CN=C(NCCC(=O)N(C)C)NCc1nc(C)c(C)o1. The third-order valence-electron chi connectivity index (χ3n) is 2.83. The van der Waals surface area contributed by atoms with Gasteiger partial charge in [-0.05, 0) is 13.8 Å². The number of nitrogens with zero attached hydrogens (tertiary/aromatic N) is 3. The molecule has 0 radical (unpaired) electrons. The monoisotopic (exact) mass is 281 g/mol. The van der Waals surface area contributed by atoms with Gasteiger partial charge in [-0.15, -0.1) is 0 Å². The molecule has 0 aliphatic rings. The molecule has 20 heavy (non-hydrogen) atoms. The first-order chi connectivity index (χ1) is 9.43. The summed E-state index contributed by atoms with van der Waals surface area (Å²) in [5.41, 5.74) is 0.890. The number of hydrogen-bond donors (Lipinski definition) is 2. The van der Waals surface area contributed by atoms with Gasteiger partial charge in [0.1, 0.15) is 5.76 Å². The van der Waals surface area contributed by atoms with Gasteiger partial charge in [-0.25, -0.2) is 4.98 Å². The van der Waals surface area contributed by atoms with Gasteiger partial charge < -0.3 is 20.0 Å². The molecule has 0 fully saturated rings. The quantitative estimate of drug-likeness (QED) is 0.604. The number of carbonyl (C=O) groups is 1. The first kappa shape index (κ1) is 16.0. The van der Waals surface area contributed by atoms with Crippen molar-refractivity contribution >= 4 is 11.9 Å². The number of oxazole rings is 1. The molecule has 0 aliphatic heterocycles. The molecule has 7 nitrogen and oxygen atoms in total. The molecule has 1 rings (SSSR count). The highest BCUT2D eigenvalue weighted by atomic mass is 16.4. The maximum absolute atomic E-state index is 11.4. The lowest BCUT2D eigenvalue weighted by Gasteiger charge is -2.12. The van der Waals surface area contributed by atoms with Crippen LogP contribution in [0.4, 0.5) is 0 Å². The van der Waals surface area contributed by atoms with E-state index in [0.717, 1.165) is 11.5 Å². The Balaban J connectivity index is 2.35. The van der Waals surface area contributed by atoms with Crippen molar-refractivity contribution in [2.24, 2.45) is 4.99 Å². The summed E-state index contributed by atoms with van der Waals surface area (Å²) >= 11 is 0. The molecule has 7 heteroatoms. The fourth-order valence-electron chi connectivity index (χ4n) is 1.51. The van der Waals surface area contributed by atoms with E-state index in [2.05, 4.69) is 20.6 Å². The van der Waals surface area contributed by atoms with Crippen LogP contribution in [-0.2, 0) is 11.3 Å². The predicted octanol–water partition coefficient (Wildman–Crippen LogP) is 0.435. The van der Waals surface area contributed by atoms with Crippen molar-refractivity contribution in [2.75, 3.05) is 27.7 Å². The van der Waals surface area contributed by atoms with Crippen molar-refractivity contribution in [3.63, 3.8) is 0 Å². The molecule has 112 valence electrons. The van der Waals surface area contributed by atoms with Crippen LogP contribution in [0.5, 0.6) is 0 Å². The summed E-state index contributed by atoms with van der Waals surface area (Å²) in [4.78, 5) is 21.3. The number of carbonyl (C=O) groups excluding carboxylic acids is 1. The second kappa shape index (κ2) is 7.52. The number of amides is 1. The predicted molar refractivity (Wildman–Crippen MR) is 77.5 cm³/mol. The second-order valence-corrected chi connectivity index (χ2v) is 4.64. The van der Waals surface area contributed by atoms with Crippen LogP contribution < -0.4 is 10.6 Å². The molecule has 0 spiro atoms. The Bertz CT molecular complexity index is 460. The molecule has 0 unspecified atom stereocenters. The van der Waals surface area contributed by atoms with Crippen LogP contribution >= 0.6 is 0 Å². The second-order valence-electron chi connectivity index (χ2n) is 4.64. The standard InChI is InChI=1S/C13H23N5O2/c1-9-10(2)20-11(17-9)8-16-13(14-3)15-7-6-12(19)18(4)5/h6-8H2,1-5H3,(H2,14,15,16). The molecule has 1 aromatic heterocycles. The van der Waals surface area contributed by atoms with E-state index in [1.165, 1.54) is 0 Å². The van der Waals surface area contributed by atoms with E-state index in [9.17, 15) is 4.79 Å². The van der Waals surface area contributed by atoms with Crippen LogP contribution in [0, 0.1) is 13.8 Å². The molecular weight excluding hydrogens is 258 g/mol. The van der Waals surface area contributed by atoms with Crippen molar-refractivity contribution < 1.29 is 9.21 Å². The number of guanidine groups is 1. The van der Waals surface area contributed by atoms with E-state index in [4.69, 9.17) is 4.42 Å². The molecule has 0 aliphatic carbocycles. The maximum Gasteiger partial charge on any atom is 0.223 e. The van der Waals surface area contributed by atoms with Gasteiger partial charge in [0.05, 0.1) is 12.2 Å². The van der Waals surface area contributed by atoms with E-state index in [-0.39, 0.29) is 5.91 Å². The lowest BCUT2D eigenvalue weighted by Crippen LogP contribution is -2.38. The summed E-state index contributed by atoms with van der Waals surface area (Å²) in [7, 11) is 5.15. The molecule has 0 atom stereocenters. The molecule has 1 aromatic rings. The summed E-state index contributed by atoms with van der Waals surface area (Å²) in [6, 6.07) is 0. The number of hydrogen-bond acceptors (Lipinski definition) is 4. The van der Waals surface area contributed by atoms with Gasteiger partial charge in [0.2, 0.25) is 11.8 Å². The zero-order valence-electron chi connectivity index (χ0n) is 12.8. The first-order valence-corrected chi connectivity index (χ1v) is 6.51. The Morgan fingerprint density at radius 3 is 2.55 bits per heavy atom. The molecule has 1 amide bonds. The minimum Gasteiger partial charge on any atom is -0.444 e. The summed E-state index contributed by atoms with van der Waals surface area (Å²) < 4.78 is 5.47. The average Bonchev–Trinajstić information content (AvgIpc) is 2.72. The zero-order chi connectivity index (χ0) is 15.1. The highest BCUT2D eigenvalue weighted by Gasteiger charge is 2.07. The number of aryl methyl sites for hydroxylation is 2. The van der Waals surface area contributed by atoms with Crippen molar-refractivity contribution in [3.8, 4) is 0 Å². The van der Waals surface area contributed by atoms with Crippen LogP contribution in [0.1, 0.15) is 23.8 Å². The number of rotatable bonds is 5. The zero-order valence-corrected chi connectivity index (χ0v) is 12.8. The van der Waals surface area contributed by atoms with Crippen LogP contribution in [0.15, 0.2) is 9.41 Å². The molecule has 2 N–H and O–H groups in total. The smallest absolute Gasteiger partial charge is 0.223 e. The van der Waals surface area contributed by atoms with E-state index in [1.807, 2.05) is 13.8 Å². The number of aromatic nitrogens is 1. The molecular formula is C13H23N5O2. The average molecular weight is 281 g/mol. The van der Waals surface area contributed by atoms with Gasteiger partial charge >= 0.3 is 0 Å². The Kier molecular flexibility index (Phi) is 6.02. The lowest BCUT2D eigenvalue weighted by atomic mass is 10.4. The number of nitrogens with one attached hydrogen (secondary N) is 2. The summed E-state index contributed by atoms with van der Waals surface area (Å²) in [6.45, 7) is 4.77. The topological polar surface area (TPSA) is 82.8 Å². The van der Waals surface area contributed by atoms with Crippen molar-refractivity contribution in [1.82, 2.24) is 20.5 Å². The first-order valence-electron chi connectivity index (χ1n) is 6.51. The van der Waals surface area contributed by atoms with Gasteiger partial charge in [-0.2, -0.15) is 0 Å². The minimum absolute atomic E-state index is 0.0758. The highest BCUT2D eigenvalue weighted by Crippen LogP contribution is 2.07. The summed E-state index contributed by atoms with van der Waals surface area (Å²) in [5, 5.41) is 6.16. The maximum atomic E-state index is 11.4. The summed E-state index contributed by atoms with van der Waals surface area (Å²) in [5.74, 6) is 2.13. The van der Waals surface area contributed by atoms with Crippen molar-refractivity contribution in [2.45, 2.75) is 26.8 Å². The fraction of sp³-hybridized carbons (Fsp3) is 0.615. The third kappa shape index (κ3) is 4.91. The van der Waals surface area contributed by atoms with Gasteiger partial charge in [0.25, 0.3) is 0 Å².